The molecule has 2 nitrogen and oxygen atoms in total. The van der Waals surface area contributed by atoms with Crippen molar-refractivity contribution in [2.24, 2.45) is 11.8 Å². The standard InChI is InChI=1S/C9H19NO.C2H6/c1-7-5-10(3)6-8(2)9(7)11-4;1-2/h7-9H,5-6H2,1-4H3;1-2H3. The molecule has 1 fully saturated rings. The van der Waals surface area contributed by atoms with E-state index in [0.29, 0.717) is 17.9 Å². The van der Waals surface area contributed by atoms with Crippen LogP contribution in [0.1, 0.15) is 27.7 Å². The van der Waals surface area contributed by atoms with Crippen LogP contribution in [0.5, 0.6) is 0 Å². The quantitative estimate of drug-likeness (QED) is 0.624. The van der Waals surface area contributed by atoms with Crippen molar-refractivity contribution in [3.8, 4) is 0 Å². The van der Waals surface area contributed by atoms with Crippen LogP contribution in [-0.4, -0.2) is 38.3 Å². The van der Waals surface area contributed by atoms with Gasteiger partial charge >= 0.3 is 0 Å². The van der Waals surface area contributed by atoms with E-state index in [1.165, 1.54) is 13.1 Å². The van der Waals surface area contributed by atoms with Gasteiger partial charge in [0.2, 0.25) is 0 Å². The van der Waals surface area contributed by atoms with Gasteiger partial charge in [-0.3, -0.25) is 0 Å². The van der Waals surface area contributed by atoms with Crippen LogP contribution >= 0.6 is 0 Å². The van der Waals surface area contributed by atoms with Gasteiger partial charge in [0.05, 0.1) is 6.10 Å². The highest BCUT2D eigenvalue weighted by Gasteiger charge is 2.29. The summed E-state index contributed by atoms with van der Waals surface area (Å²) in [6.07, 6.45) is 0.464. The molecule has 13 heavy (non-hydrogen) atoms. The normalized spacial score (nSPS) is 35.1. The Labute approximate surface area is 83.3 Å². The van der Waals surface area contributed by atoms with Gasteiger partial charge in [-0.05, 0) is 18.9 Å². The summed E-state index contributed by atoms with van der Waals surface area (Å²) in [6, 6.07) is 0. The van der Waals surface area contributed by atoms with Crippen LogP contribution in [0, 0.1) is 11.8 Å². The van der Waals surface area contributed by atoms with Crippen molar-refractivity contribution in [3.63, 3.8) is 0 Å². The molecule has 0 N–H and O–H groups in total. The number of nitrogens with zero attached hydrogens (tertiary/aromatic N) is 1. The third kappa shape index (κ3) is 3.65. The third-order valence-corrected chi connectivity index (χ3v) is 2.59. The second-order valence-corrected chi connectivity index (χ2v) is 3.88. The first kappa shape index (κ1) is 12.9. The lowest BCUT2D eigenvalue weighted by molar-refractivity contribution is -0.0307. The number of hydrogen-bond donors (Lipinski definition) is 0. The van der Waals surface area contributed by atoms with Crippen LogP contribution in [0.25, 0.3) is 0 Å². The van der Waals surface area contributed by atoms with E-state index in [-0.39, 0.29) is 0 Å². The lowest BCUT2D eigenvalue weighted by Gasteiger charge is -2.38. The summed E-state index contributed by atoms with van der Waals surface area (Å²) in [5.74, 6) is 1.35. The molecule has 0 radical (unpaired) electrons. The molecule has 0 aromatic rings. The van der Waals surface area contributed by atoms with Gasteiger partial charge in [-0.15, -0.1) is 0 Å². The lowest BCUT2D eigenvalue weighted by Crippen LogP contribution is -2.46. The van der Waals surface area contributed by atoms with Gasteiger partial charge in [0, 0.05) is 20.2 Å². The fourth-order valence-electron chi connectivity index (χ4n) is 2.29. The molecule has 0 amide bonds. The predicted octanol–water partition coefficient (Wildman–Crippen LogP) is 2.25. The molecule has 2 atom stereocenters. The molecule has 2 unspecified atom stereocenters. The van der Waals surface area contributed by atoms with Gasteiger partial charge < -0.3 is 9.64 Å². The largest absolute Gasteiger partial charge is 0.381 e. The van der Waals surface area contributed by atoms with E-state index < -0.39 is 0 Å². The molecule has 1 heterocycles. The Morgan fingerprint density at radius 2 is 1.46 bits per heavy atom. The predicted molar refractivity (Wildman–Crippen MR) is 58.0 cm³/mol. The zero-order chi connectivity index (χ0) is 10.4. The number of hydrogen-bond acceptors (Lipinski definition) is 2. The molecule has 0 bridgehead atoms. The summed E-state index contributed by atoms with van der Waals surface area (Å²) < 4.78 is 5.44. The van der Waals surface area contributed by atoms with E-state index in [9.17, 15) is 0 Å². The zero-order valence-electron chi connectivity index (χ0n) is 10.0. The highest BCUT2D eigenvalue weighted by Crippen LogP contribution is 2.22. The Kier molecular flexibility index (Phi) is 6.35. The van der Waals surface area contributed by atoms with Crippen LogP contribution in [0.15, 0.2) is 0 Å². The highest BCUT2D eigenvalue weighted by molar-refractivity contribution is 4.81. The van der Waals surface area contributed by atoms with Crippen molar-refractivity contribution >= 4 is 0 Å². The summed E-state index contributed by atoms with van der Waals surface area (Å²) in [5.41, 5.74) is 0. The van der Waals surface area contributed by atoms with Crippen LogP contribution in [0.3, 0.4) is 0 Å². The molecular formula is C11H25NO. The molecule has 1 aliphatic heterocycles. The fourth-order valence-corrected chi connectivity index (χ4v) is 2.29. The number of ether oxygens (including phenoxy) is 1. The number of piperidine rings is 1. The van der Waals surface area contributed by atoms with Crippen LogP contribution < -0.4 is 0 Å². The molecule has 0 spiro atoms. The minimum absolute atomic E-state index is 0.464. The molecule has 2 heteroatoms. The van der Waals surface area contributed by atoms with E-state index in [2.05, 4.69) is 25.8 Å². The summed E-state index contributed by atoms with van der Waals surface area (Å²) >= 11 is 0. The fraction of sp³-hybridized carbons (Fsp3) is 1.00. The Morgan fingerprint density at radius 1 is 1.08 bits per heavy atom. The van der Waals surface area contributed by atoms with E-state index in [1.54, 1.807) is 0 Å². The monoisotopic (exact) mass is 187 g/mol. The molecule has 80 valence electrons. The average molecular weight is 187 g/mol. The van der Waals surface area contributed by atoms with Crippen molar-refractivity contribution < 1.29 is 4.74 Å². The zero-order valence-corrected chi connectivity index (χ0v) is 10.0. The number of methoxy groups -OCH3 is 1. The van der Waals surface area contributed by atoms with E-state index in [0.717, 1.165) is 0 Å². The highest BCUT2D eigenvalue weighted by atomic mass is 16.5. The minimum Gasteiger partial charge on any atom is -0.381 e. The molecule has 1 saturated heterocycles. The van der Waals surface area contributed by atoms with Gasteiger partial charge in [0.15, 0.2) is 0 Å². The smallest absolute Gasteiger partial charge is 0.0646 e. The Hall–Kier alpha value is -0.0800. The summed E-state index contributed by atoms with van der Waals surface area (Å²) in [5, 5.41) is 0. The Balaban J connectivity index is 0.000000671. The third-order valence-electron chi connectivity index (χ3n) is 2.59. The van der Waals surface area contributed by atoms with Gasteiger partial charge in [-0.1, -0.05) is 27.7 Å². The van der Waals surface area contributed by atoms with Crippen molar-refractivity contribution in [3.05, 3.63) is 0 Å². The van der Waals surface area contributed by atoms with E-state index in [1.807, 2.05) is 21.0 Å². The minimum atomic E-state index is 0.464. The first-order valence-corrected chi connectivity index (χ1v) is 5.36. The molecule has 0 saturated carbocycles. The van der Waals surface area contributed by atoms with Crippen LogP contribution in [0.2, 0.25) is 0 Å². The van der Waals surface area contributed by atoms with Crippen molar-refractivity contribution in [2.75, 3.05) is 27.2 Å². The topological polar surface area (TPSA) is 12.5 Å². The molecule has 0 aliphatic carbocycles. The van der Waals surface area contributed by atoms with E-state index in [4.69, 9.17) is 4.74 Å². The van der Waals surface area contributed by atoms with Crippen molar-refractivity contribution in [2.45, 2.75) is 33.8 Å². The molecule has 1 aliphatic rings. The van der Waals surface area contributed by atoms with Crippen molar-refractivity contribution in [1.29, 1.82) is 0 Å². The van der Waals surface area contributed by atoms with Crippen LogP contribution in [-0.2, 0) is 4.74 Å². The summed E-state index contributed by atoms with van der Waals surface area (Å²) in [6.45, 7) is 10.9. The van der Waals surface area contributed by atoms with Crippen LogP contribution in [0.4, 0.5) is 0 Å². The molecule has 1 rings (SSSR count). The lowest BCUT2D eigenvalue weighted by atomic mass is 9.88. The van der Waals surface area contributed by atoms with Crippen molar-refractivity contribution in [1.82, 2.24) is 4.90 Å². The maximum atomic E-state index is 5.44. The van der Waals surface area contributed by atoms with E-state index >= 15 is 0 Å². The SMILES string of the molecule is CC.COC1C(C)CN(C)CC1C. The second kappa shape index (κ2) is 6.39. The molecule has 0 aromatic carbocycles. The van der Waals surface area contributed by atoms with Gasteiger partial charge in [-0.25, -0.2) is 0 Å². The number of likely N-dealkylation sites (tertiary alicyclic amines) is 1. The molecule has 0 aromatic heterocycles. The average Bonchev–Trinajstić information content (AvgIpc) is 2.07. The van der Waals surface area contributed by atoms with Gasteiger partial charge in [0.1, 0.15) is 0 Å². The first-order valence-electron chi connectivity index (χ1n) is 5.36. The summed E-state index contributed by atoms with van der Waals surface area (Å²) in [4.78, 5) is 2.38. The first-order chi connectivity index (χ1) is 6.15. The maximum absolute atomic E-state index is 5.44. The second-order valence-electron chi connectivity index (χ2n) is 3.88. The Morgan fingerprint density at radius 3 is 1.77 bits per heavy atom. The summed E-state index contributed by atoms with van der Waals surface area (Å²) in [7, 11) is 4.00. The number of rotatable bonds is 1. The van der Waals surface area contributed by atoms with Gasteiger partial charge in [-0.2, -0.15) is 0 Å². The molecular weight excluding hydrogens is 162 g/mol. The van der Waals surface area contributed by atoms with Gasteiger partial charge in [0.25, 0.3) is 0 Å². The Bertz CT molecular complexity index is 115. The maximum Gasteiger partial charge on any atom is 0.0646 e.